The van der Waals surface area contributed by atoms with Gasteiger partial charge in [0, 0.05) is 38.6 Å². The van der Waals surface area contributed by atoms with Crippen molar-refractivity contribution in [2.24, 2.45) is 0 Å². The van der Waals surface area contributed by atoms with Gasteiger partial charge in [-0.3, -0.25) is 9.80 Å². The second kappa shape index (κ2) is 6.68. The minimum Gasteiger partial charge on any atom is -0.338 e. The molecule has 0 radical (unpaired) electrons. The summed E-state index contributed by atoms with van der Waals surface area (Å²) < 4.78 is 5.33. The molecule has 1 aromatic rings. The fraction of sp³-hybridized carbons (Fsp3) is 0.867. The number of hydrogen-bond acceptors (Lipinski definition) is 5. The Morgan fingerprint density at radius 2 is 1.90 bits per heavy atom. The monoisotopic (exact) mass is 278 g/mol. The van der Waals surface area contributed by atoms with Crippen molar-refractivity contribution >= 4 is 0 Å². The Kier molecular flexibility index (Phi) is 4.68. The van der Waals surface area contributed by atoms with Crippen molar-refractivity contribution in [1.82, 2.24) is 19.9 Å². The van der Waals surface area contributed by atoms with Crippen LogP contribution < -0.4 is 0 Å². The third kappa shape index (κ3) is 3.38. The fourth-order valence-electron chi connectivity index (χ4n) is 3.43. The number of hydrogen-bond donors (Lipinski definition) is 0. The Morgan fingerprint density at radius 1 is 1.15 bits per heavy atom. The lowest BCUT2D eigenvalue weighted by molar-refractivity contribution is 0.0868. The molecule has 5 heteroatoms. The maximum Gasteiger partial charge on any atom is 0.240 e. The lowest BCUT2D eigenvalue weighted by atomic mass is 10.2. The lowest BCUT2D eigenvalue weighted by Gasteiger charge is -2.37. The highest BCUT2D eigenvalue weighted by Crippen LogP contribution is 2.24. The van der Waals surface area contributed by atoms with Crippen LogP contribution in [0.4, 0.5) is 0 Å². The normalized spacial score (nSPS) is 22.6. The Bertz CT molecular complexity index is 406. The SMILES string of the molecule is CCCc1noc(CN2CCN(C3CCCC3)CC2)n1. The molecule has 112 valence electrons. The molecule has 0 aromatic carbocycles. The van der Waals surface area contributed by atoms with E-state index < -0.39 is 0 Å². The van der Waals surface area contributed by atoms with Crippen molar-refractivity contribution < 1.29 is 4.52 Å². The van der Waals surface area contributed by atoms with Crippen molar-refractivity contribution in [2.75, 3.05) is 26.2 Å². The molecule has 0 amide bonds. The average molecular weight is 278 g/mol. The smallest absolute Gasteiger partial charge is 0.240 e. The summed E-state index contributed by atoms with van der Waals surface area (Å²) in [6, 6.07) is 0.858. The highest BCUT2D eigenvalue weighted by Gasteiger charge is 2.26. The largest absolute Gasteiger partial charge is 0.338 e. The zero-order valence-corrected chi connectivity index (χ0v) is 12.6. The fourth-order valence-corrected chi connectivity index (χ4v) is 3.43. The summed E-state index contributed by atoms with van der Waals surface area (Å²) in [5, 5.41) is 4.03. The predicted molar refractivity (Wildman–Crippen MR) is 77.4 cm³/mol. The molecule has 3 rings (SSSR count). The van der Waals surface area contributed by atoms with E-state index in [9.17, 15) is 0 Å². The maximum atomic E-state index is 5.33. The van der Waals surface area contributed by atoms with Crippen molar-refractivity contribution in [2.45, 2.75) is 58.0 Å². The van der Waals surface area contributed by atoms with E-state index in [1.165, 1.54) is 38.8 Å². The van der Waals surface area contributed by atoms with E-state index in [-0.39, 0.29) is 0 Å². The summed E-state index contributed by atoms with van der Waals surface area (Å²) in [7, 11) is 0. The highest BCUT2D eigenvalue weighted by molar-refractivity contribution is 4.88. The summed E-state index contributed by atoms with van der Waals surface area (Å²) >= 11 is 0. The summed E-state index contributed by atoms with van der Waals surface area (Å²) in [5.41, 5.74) is 0. The molecule has 5 nitrogen and oxygen atoms in total. The Labute approximate surface area is 121 Å². The van der Waals surface area contributed by atoms with Crippen molar-refractivity contribution in [1.29, 1.82) is 0 Å². The Hall–Kier alpha value is -0.940. The minimum absolute atomic E-state index is 0.780. The molecule has 2 fully saturated rings. The van der Waals surface area contributed by atoms with Crippen LogP contribution in [0.5, 0.6) is 0 Å². The van der Waals surface area contributed by atoms with Crippen molar-refractivity contribution in [3.05, 3.63) is 11.7 Å². The van der Waals surface area contributed by atoms with E-state index in [0.717, 1.165) is 50.2 Å². The van der Waals surface area contributed by atoms with E-state index in [1.807, 2.05) is 0 Å². The average Bonchev–Trinajstić information content (AvgIpc) is 3.12. The van der Waals surface area contributed by atoms with Gasteiger partial charge in [-0.1, -0.05) is 24.9 Å². The number of piperazine rings is 1. The van der Waals surface area contributed by atoms with Crippen LogP contribution in [0.15, 0.2) is 4.52 Å². The number of aromatic nitrogens is 2. The van der Waals surface area contributed by atoms with Crippen LogP contribution in [0, 0.1) is 0 Å². The van der Waals surface area contributed by atoms with Crippen LogP contribution in [0.25, 0.3) is 0 Å². The van der Waals surface area contributed by atoms with Gasteiger partial charge in [0.2, 0.25) is 5.89 Å². The molecule has 1 aliphatic carbocycles. The lowest BCUT2D eigenvalue weighted by Crippen LogP contribution is -2.49. The molecule has 0 spiro atoms. The molecule has 1 aromatic heterocycles. The van der Waals surface area contributed by atoms with Crippen LogP contribution in [0.3, 0.4) is 0 Å². The molecule has 20 heavy (non-hydrogen) atoms. The minimum atomic E-state index is 0.780. The first-order valence-electron chi connectivity index (χ1n) is 8.13. The second-order valence-electron chi connectivity index (χ2n) is 6.10. The number of nitrogens with zero attached hydrogens (tertiary/aromatic N) is 4. The van der Waals surface area contributed by atoms with Crippen LogP contribution in [-0.2, 0) is 13.0 Å². The highest BCUT2D eigenvalue weighted by atomic mass is 16.5. The van der Waals surface area contributed by atoms with Gasteiger partial charge in [-0.15, -0.1) is 0 Å². The predicted octanol–water partition coefficient (Wildman–Crippen LogP) is 2.08. The van der Waals surface area contributed by atoms with E-state index in [1.54, 1.807) is 0 Å². The van der Waals surface area contributed by atoms with E-state index in [0.29, 0.717) is 0 Å². The van der Waals surface area contributed by atoms with Gasteiger partial charge in [0.05, 0.1) is 6.54 Å². The maximum absolute atomic E-state index is 5.33. The first-order chi connectivity index (χ1) is 9.85. The molecule has 0 N–H and O–H groups in total. The van der Waals surface area contributed by atoms with Gasteiger partial charge in [-0.2, -0.15) is 4.98 Å². The van der Waals surface area contributed by atoms with Crippen LogP contribution in [0.1, 0.15) is 50.7 Å². The molecule has 1 aliphatic heterocycles. The zero-order valence-electron chi connectivity index (χ0n) is 12.6. The summed E-state index contributed by atoms with van der Waals surface area (Å²) in [6.07, 6.45) is 7.65. The van der Waals surface area contributed by atoms with E-state index in [2.05, 4.69) is 26.9 Å². The molecule has 1 saturated carbocycles. The van der Waals surface area contributed by atoms with Gasteiger partial charge in [0.25, 0.3) is 0 Å². The molecular weight excluding hydrogens is 252 g/mol. The standard InChI is InChI=1S/C15H26N4O/c1-2-5-14-16-15(20-17-14)12-18-8-10-19(11-9-18)13-6-3-4-7-13/h13H,2-12H2,1H3. The van der Waals surface area contributed by atoms with Crippen LogP contribution >= 0.6 is 0 Å². The third-order valence-electron chi connectivity index (χ3n) is 4.59. The topological polar surface area (TPSA) is 45.4 Å². The third-order valence-corrected chi connectivity index (χ3v) is 4.59. The van der Waals surface area contributed by atoms with Gasteiger partial charge >= 0.3 is 0 Å². The van der Waals surface area contributed by atoms with E-state index >= 15 is 0 Å². The van der Waals surface area contributed by atoms with Gasteiger partial charge < -0.3 is 4.52 Å². The molecule has 0 bridgehead atoms. The summed E-state index contributed by atoms with van der Waals surface area (Å²) in [5.74, 6) is 1.63. The number of rotatable bonds is 5. The van der Waals surface area contributed by atoms with E-state index in [4.69, 9.17) is 4.52 Å². The molecule has 1 saturated heterocycles. The van der Waals surface area contributed by atoms with Gasteiger partial charge in [-0.05, 0) is 19.3 Å². The van der Waals surface area contributed by atoms with Gasteiger partial charge in [0.1, 0.15) is 0 Å². The first-order valence-corrected chi connectivity index (χ1v) is 8.13. The van der Waals surface area contributed by atoms with Gasteiger partial charge in [-0.25, -0.2) is 0 Å². The zero-order chi connectivity index (χ0) is 13.8. The van der Waals surface area contributed by atoms with Crippen LogP contribution in [0.2, 0.25) is 0 Å². The molecule has 0 atom stereocenters. The van der Waals surface area contributed by atoms with Gasteiger partial charge in [0.15, 0.2) is 5.82 Å². The molecule has 2 heterocycles. The molecule has 0 unspecified atom stereocenters. The summed E-state index contributed by atoms with van der Waals surface area (Å²) in [4.78, 5) is 9.58. The van der Waals surface area contributed by atoms with Crippen molar-refractivity contribution in [3.8, 4) is 0 Å². The Morgan fingerprint density at radius 3 is 2.60 bits per heavy atom. The Balaban J connectivity index is 1.45. The summed E-state index contributed by atoms with van der Waals surface area (Å²) in [6.45, 7) is 7.60. The van der Waals surface area contributed by atoms with Crippen molar-refractivity contribution in [3.63, 3.8) is 0 Å². The second-order valence-corrected chi connectivity index (χ2v) is 6.10. The quantitative estimate of drug-likeness (QED) is 0.825. The first kappa shape index (κ1) is 14.0. The number of aryl methyl sites for hydroxylation is 1. The molecular formula is C15H26N4O. The van der Waals surface area contributed by atoms with Crippen LogP contribution in [-0.4, -0.2) is 52.2 Å². The molecule has 2 aliphatic rings.